The molecular weight excluding hydrogens is 202 g/mol. The third-order valence-corrected chi connectivity index (χ3v) is 3.62. The van der Waals surface area contributed by atoms with E-state index in [1.807, 2.05) is 0 Å². The summed E-state index contributed by atoms with van der Waals surface area (Å²) in [7, 11) is 0. The Morgan fingerprint density at radius 1 is 1.19 bits per heavy atom. The van der Waals surface area contributed by atoms with Crippen molar-refractivity contribution >= 4 is 0 Å². The van der Waals surface area contributed by atoms with Crippen LogP contribution < -0.4 is 5.32 Å². The lowest BCUT2D eigenvalue weighted by Gasteiger charge is -2.32. The molecule has 0 spiro atoms. The van der Waals surface area contributed by atoms with Crippen LogP contribution >= 0.6 is 0 Å². The first-order valence-corrected chi connectivity index (χ1v) is 6.74. The number of nitrogens with one attached hydrogen (secondary N) is 1. The zero-order valence-corrected chi connectivity index (χ0v) is 10.6. The topological polar surface area (TPSA) is 30.5 Å². The van der Waals surface area contributed by atoms with Gasteiger partial charge in [-0.2, -0.15) is 0 Å². The van der Waals surface area contributed by atoms with E-state index >= 15 is 0 Å². The minimum absolute atomic E-state index is 0.406. The van der Waals surface area contributed by atoms with Crippen LogP contribution in [0.3, 0.4) is 0 Å². The molecule has 0 saturated carbocycles. The van der Waals surface area contributed by atoms with Crippen LogP contribution in [0.1, 0.15) is 46.0 Å². The fraction of sp³-hybridized carbons (Fsp3) is 1.00. The zero-order valence-electron chi connectivity index (χ0n) is 10.6. The molecule has 0 aliphatic carbocycles. The highest BCUT2D eigenvalue weighted by atomic mass is 16.5. The lowest BCUT2D eigenvalue weighted by molar-refractivity contribution is -0.0423. The monoisotopic (exact) mass is 227 g/mol. The van der Waals surface area contributed by atoms with Gasteiger partial charge >= 0.3 is 0 Å². The van der Waals surface area contributed by atoms with Gasteiger partial charge in [0, 0.05) is 12.6 Å². The van der Waals surface area contributed by atoms with Crippen molar-refractivity contribution in [1.82, 2.24) is 5.32 Å². The molecule has 3 heteroatoms. The van der Waals surface area contributed by atoms with E-state index in [0.717, 1.165) is 26.0 Å². The summed E-state index contributed by atoms with van der Waals surface area (Å²) >= 11 is 0. The summed E-state index contributed by atoms with van der Waals surface area (Å²) in [6.07, 6.45) is 7.29. The fourth-order valence-electron chi connectivity index (χ4n) is 2.89. The van der Waals surface area contributed by atoms with Crippen LogP contribution in [0, 0.1) is 0 Å². The summed E-state index contributed by atoms with van der Waals surface area (Å²) in [5, 5.41) is 3.65. The summed E-state index contributed by atoms with van der Waals surface area (Å²) in [5.74, 6) is 0. The lowest BCUT2D eigenvalue weighted by atomic mass is 9.99. The third-order valence-electron chi connectivity index (χ3n) is 3.62. The summed E-state index contributed by atoms with van der Waals surface area (Å²) in [4.78, 5) is 0. The van der Waals surface area contributed by atoms with Gasteiger partial charge < -0.3 is 14.8 Å². The maximum Gasteiger partial charge on any atom is 0.0588 e. The second-order valence-corrected chi connectivity index (χ2v) is 5.30. The van der Waals surface area contributed by atoms with Gasteiger partial charge in [-0.25, -0.2) is 0 Å². The molecule has 2 rings (SSSR count). The maximum atomic E-state index is 5.73. The molecule has 3 nitrogen and oxygen atoms in total. The van der Waals surface area contributed by atoms with E-state index in [-0.39, 0.29) is 0 Å². The largest absolute Gasteiger partial charge is 0.378 e. The predicted molar refractivity (Wildman–Crippen MR) is 64.6 cm³/mol. The van der Waals surface area contributed by atoms with Gasteiger partial charge in [0.25, 0.3) is 0 Å². The Kier molecular flexibility index (Phi) is 4.62. The van der Waals surface area contributed by atoms with Crippen LogP contribution in [0.2, 0.25) is 0 Å². The van der Waals surface area contributed by atoms with Crippen LogP contribution in [0.15, 0.2) is 0 Å². The van der Waals surface area contributed by atoms with E-state index in [4.69, 9.17) is 9.47 Å². The van der Waals surface area contributed by atoms with Crippen molar-refractivity contribution in [3.63, 3.8) is 0 Å². The minimum Gasteiger partial charge on any atom is -0.378 e. The highest BCUT2D eigenvalue weighted by Gasteiger charge is 2.24. The Bertz CT molecular complexity index is 194. The minimum atomic E-state index is 0.406. The molecule has 0 aromatic heterocycles. The molecule has 0 aromatic rings. The lowest BCUT2D eigenvalue weighted by Crippen LogP contribution is -2.42. The van der Waals surface area contributed by atoms with Crippen LogP contribution in [0.5, 0.6) is 0 Å². The van der Waals surface area contributed by atoms with Gasteiger partial charge in [0.2, 0.25) is 0 Å². The first-order chi connectivity index (χ1) is 7.74. The van der Waals surface area contributed by atoms with E-state index in [1.54, 1.807) is 0 Å². The van der Waals surface area contributed by atoms with Crippen molar-refractivity contribution in [2.45, 2.75) is 70.3 Å². The summed E-state index contributed by atoms with van der Waals surface area (Å²) in [6.45, 7) is 6.40. The van der Waals surface area contributed by atoms with Crippen molar-refractivity contribution < 1.29 is 9.47 Å². The maximum absolute atomic E-state index is 5.73. The number of rotatable bonds is 4. The Morgan fingerprint density at radius 2 is 1.94 bits per heavy atom. The Balaban J connectivity index is 1.61. The molecule has 0 aromatic carbocycles. The van der Waals surface area contributed by atoms with Crippen molar-refractivity contribution in [2.75, 3.05) is 13.2 Å². The molecule has 3 atom stereocenters. The molecule has 2 fully saturated rings. The van der Waals surface area contributed by atoms with Crippen molar-refractivity contribution in [3.05, 3.63) is 0 Å². The van der Waals surface area contributed by atoms with Gasteiger partial charge in [0.05, 0.1) is 18.3 Å². The molecule has 0 amide bonds. The molecule has 3 unspecified atom stereocenters. The molecule has 1 N–H and O–H groups in total. The smallest absolute Gasteiger partial charge is 0.0588 e. The van der Waals surface area contributed by atoms with Gasteiger partial charge in [-0.3, -0.25) is 0 Å². The first-order valence-electron chi connectivity index (χ1n) is 6.74. The van der Waals surface area contributed by atoms with Gasteiger partial charge in [-0.1, -0.05) is 0 Å². The number of ether oxygens (including phenoxy) is 2. The second-order valence-electron chi connectivity index (χ2n) is 5.30. The summed E-state index contributed by atoms with van der Waals surface area (Å²) < 4.78 is 11.4. The molecule has 94 valence electrons. The van der Waals surface area contributed by atoms with Gasteiger partial charge in [0.1, 0.15) is 0 Å². The van der Waals surface area contributed by atoms with Crippen LogP contribution in [0.4, 0.5) is 0 Å². The second kappa shape index (κ2) is 5.99. The van der Waals surface area contributed by atoms with E-state index < -0.39 is 0 Å². The van der Waals surface area contributed by atoms with E-state index in [9.17, 15) is 0 Å². The van der Waals surface area contributed by atoms with Crippen LogP contribution in [-0.4, -0.2) is 37.5 Å². The average molecular weight is 227 g/mol. The van der Waals surface area contributed by atoms with Crippen LogP contribution in [-0.2, 0) is 9.47 Å². The molecule has 2 aliphatic rings. The standard InChI is InChI=1S/C13H25NO2/c1-10-8-12(9-11(2)16-10)14-6-5-13-4-3-7-15-13/h10-14H,3-9H2,1-2H3. The highest BCUT2D eigenvalue weighted by molar-refractivity contribution is 4.79. The molecule has 0 radical (unpaired) electrons. The average Bonchev–Trinajstić information content (AvgIpc) is 2.69. The Labute approximate surface area is 98.9 Å². The van der Waals surface area contributed by atoms with Crippen molar-refractivity contribution in [3.8, 4) is 0 Å². The zero-order chi connectivity index (χ0) is 11.4. The van der Waals surface area contributed by atoms with Gasteiger partial charge in [-0.15, -0.1) is 0 Å². The van der Waals surface area contributed by atoms with E-state index in [0.29, 0.717) is 24.4 Å². The molecule has 2 heterocycles. The number of hydrogen-bond acceptors (Lipinski definition) is 3. The number of hydrogen-bond donors (Lipinski definition) is 1. The SMILES string of the molecule is CC1CC(NCCC2CCCO2)CC(C)O1. The van der Waals surface area contributed by atoms with Gasteiger partial charge in [0.15, 0.2) is 0 Å². The summed E-state index contributed by atoms with van der Waals surface area (Å²) in [6, 6.07) is 0.639. The predicted octanol–water partition coefficient (Wildman–Crippen LogP) is 2.10. The molecule has 2 saturated heterocycles. The van der Waals surface area contributed by atoms with Crippen molar-refractivity contribution in [1.29, 1.82) is 0 Å². The Morgan fingerprint density at radius 3 is 2.56 bits per heavy atom. The summed E-state index contributed by atoms with van der Waals surface area (Å²) in [5.41, 5.74) is 0. The highest BCUT2D eigenvalue weighted by Crippen LogP contribution is 2.19. The fourth-order valence-corrected chi connectivity index (χ4v) is 2.89. The molecular formula is C13H25NO2. The Hall–Kier alpha value is -0.120. The third kappa shape index (κ3) is 3.72. The first kappa shape index (κ1) is 12.3. The van der Waals surface area contributed by atoms with Crippen LogP contribution in [0.25, 0.3) is 0 Å². The molecule has 0 bridgehead atoms. The van der Waals surface area contributed by atoms with Gasteiger partial charge in [-0.05, 0) is 52.5 Å². The van der Waals surface area contributed by atoms with E-state index in [1.165, 1.54) is 19.3 Å². The molecule has 16 heavy (non-hydrogen) atoms. The quantitative estimate of drug-likeness (QED) is 0.798. The normalized spacial score (nSPS) is 40.1. The van der Waals surface area contributed by atoms with E-state index in [2.05, 4.69) is 19.2 Å². The molecule has 2 aliphatic heterocycles. The van der Waals surface area contributed by atoms with Crippen molar-refractivity contribution in [2.24, 2.45) is 0 Å².